The highest BCUT2D eigenvalue weighted by Gasteiger charge is 2.48. The Morgan fingerprint density at radius 3 is 2.31 bits per heavy atom. The third-order valence-corrected chi connectivity index (χ3v) is 2.74. The molecule has 0 aromatic heterocycles. The van der Waals surface area contributed by atoms with Crippen LogP contribution in [0.5, 0.6) is 0 Å². The molecule has 2 aliphatic heterocycles. The lowest BCUT2D eigenvalue weighted by Crippen LogP contribution is -2.62. The van der Waals surface area contributed by atoms with Crippen LogP contribution in [0.4, 0.5) is 0 Å². The maximum atomic E-state index is 9.53. The van der Waals surface area contributed by atoms with E-state index in [0.717, 1.165) is 0 Å². The fourth-order valence-electron chi connectivity index (χ4n) is 1.96. The summed E-state index contributed by atoms with van der Waals surface area (Å²) in [5.74, 6) is 0. The Labute approximate surface area is 75.4 Å². The summed E-state index contributed by atoms with van der Waals surface area (Å²) in [5, 5.41) is 39.2. The Morgan fingerprint density at radius 2 is 1.62 bits per heavy atom. The molecule has 5 N–H and O–H groups in total. The van der Waals surface area contributed by atoms with Gasteiger partial charge in [-0.2, -0.15) is 0 Å². The molecule has 0 unspecified atom stereocenters. The summed E-state index contributed by atoms with van der Waals surface area (Å²) in [6, 6.07) is -0.612. The highest BCUT2D eigenvalue weighted by Crippen LogP contribution is 2.23. The number of aliphatic hydroxyl groups excluding tert-OH is 4. The Morgan fingerprint density at radius 1 is 1.00 bits per heavy atom. The lowest BCUT2D eigenvalue weighted by Gasteiger charge is -2.38. The summed E-state index contributed by atoms with van der Waals surface area (Å²) in [6.45, 7) is 0.521. The van der Waals surface area contributed by atoms with E-state index in [4.69, 9.17) is 0 Å². The van der Waals surface area contributed by atoms with Crippen LogP contribution in [0.1, 0.15) is 0 Å². The first kappa shape index (κ1) is 9.32. The van der Waals surface area contributed by atoms with Crippen LogP contribution in [-0.2, 0) is 0 Å². The molecule has 13 heavy (non-hydrogen) atoms. The summed E-state index contributed by atoms with van der Waals surface area (Å²) in [4.78, 5) is 0. The maximum absolute atomic E-state index is 9.53. The lowest BCUT2D eigenvalue weighted by atomic mass is 9.99. The van der Waals surface area contributed by atoms with Crippen molar-refractivity contribution in [2.24, 2.45) is 0 Å². The molecule has 0 aliphatic carbocycles. The maximum Gasteiger partial charge on any atom is 0.101 e. The van der Waals surface area contributed by atoms with Crippen LogP contribution in [0.2, 0.25) is 0 Å². The number of aliphatic hydroxyl groups is 4. The van der Waals surface area contributed by atoms with E-state index in [1.165, 1.54) is 0 Å². The zero-order chi connectivity index (χ0) is 9.59. The van der Waals surface area contributed by atoms with Gasteiger partial charge in [0.25, 0.3) is 0 Å². The van der Waals surface area contributed by atoms with E-state index in [2.05, 4.69) is 5.43 Å². The molecule has 6 heteroatoms. The van der Waals surface area contributed by atoms with E-state index in [0.29, 0.717) is 0 Å². The minimum atomic E-state index is -1.01. The molecule has 2 fully saturated rings. The van der Waals surface area contributed by atoms with Gasteiger partial charge in [0.15, 0.2) is 0 Å². The fourth-order valence-corrected chi connectivity index (χ4v) is 1.96. The zero-order valence-corrected chi connectivity index (χ0v) is 7.04. The van der Waals surface area contributed by atoms with Crippen molar-refractivity contribution < 1.29 is 20.4 Å². The van der Waals surface area contributed by atoms with E-state index in [1.807, 2.05) is 0 Å². The Kier molecular flexibility index (Phi) is 2.26. The molecule has 2 saturated heterocycles. The number of hydrogen-bond acceptors (Lipinski definition) is 6. The van der Waals surface area contributed by atoms with E-state index in [-0.39, 0.29) is 13.1 Å². The highest BCUT2D eigenvalue weighted by atomic mass is 16.4. The third-order valence-electron chi connectivity index (χ3n) is 2.74. The van der Waals surface area contributed by atoms with Gasteiger partial charge in [-0.3, -0.25) is 5.43 Å². The first-order valence-corrected chi connectivity index (χ1v) is 4.33. The third kappa shape index (κ3) is 1.35. The molecular weight excluding hydrogens is 176 g/mol. The second-order valence-electron chi connectivity index (χ2n) is 3.62. The van der Waals surface area contributed by atoms with Crippen LogP contribution < -0.4 is 5.43 Å². The molecule has 0 radical (unpaired) electrons. The van der Waals surface area contributed by atoms with Crippen LogP contribution >= 0.6 is 0 Å². The number of nitrogens with zero attached hydrogens (tertiary/aromatic N) is 1. The zero-order valence-electron chi connectivity index (χ0n) is 7.04. The average molecular weight is 190 g/mol. The second kappa shape index (κ2) is 3.16. The van der Waals surface area contributed by atoms with Gasteiger partial charge in [-0.25, -0.2) is 5.01 Å². The molecule has 2 heterocycles. The molecule has 0 aromatic rings. The molecule has 0 aromatic carbocycles. The minimum absolute atomic E-state index is 0.247. The second-order valence-corrected chi connectivity index (χ2v) is 3.62. The van der Waals surface area contributed by atoms with E-state index < -0.39 is 30.5 Å². The van der Waals surface area contributed by atoms with Gasteiger partial charge in [0.05, 0.1) is 18.2 Å². The molecular formula is C7H14N2O4. The van der Waals surface area contributed by atoms with Gasteiger partial charge >= 0.3 is 0 Å². The number of β-amino-alcohol motifs (C(OH)–C–C–N with tert-alkyl or cyclic N) is 1. The molecule has 5 atom stereocenters. The summed E-state index contributed by atoms with van der Waals surface area (Å²) < 4.78 is 0. The number of rotatable bonds is 0. The fraction of sp³-hybridized carbons (Fsp3) is 1.00. The van der Waals surface area contributed by atoms with Gasteiger partial charge in [0, 0.05) is 13.1 Å². The van der Waals surface area contributed by atoms with E-state index in [1.54, 1.807) is 5.01 Å². The quantitative estimate of drug-likeness (QED) is 0.274. The Hall–Kier alpha value is -0.240. The first-order chi connectivity index (χ1) is 6.11. The smallest absolute Gasteiger partial charge is 0.101 e. The van der Waals surface area contributed by atoms with Crippen LogP contribution in [0.3, 0.4) is 0 Å². The van der Waals surface area contributed by atoms with Gasteiger partial charge in [-0.1, -0.05) is 0 Å². The summed E-state index contributed by atoms with van der Waals surface area (Å²) >= 11 is 0. The molecule has 6 nitrogen and oxygen atoms in total. The van der Waals surface area contributed by atoms with Gasteiger partial charge < -0.3 is 20.4 Å². The largest absolute Gasteiger partial charge is 0.389 e. The highest BCUT2D eigenvalue weighted by molar-refractivity contribution is 5.00. The molecule has 0 saturated carbocycles. The SMILES string of the molecule is O[C@H]1[C@@H]2[C@H](O)[C@@H](O)CNN2C[C@H]1O. The lowest BCUT2D eigenvalue weighted by molar-refractivity contribution is -0.105. The van der Waals surface area contributed by atoms with Crippen molar-refractivity contribution in [3.8, 4) is 0 Å². The Bertz CT molecular complexity index is 201. The van der Waals surface area contributed by atoms with Crippen LogP contribution in [0.25, 0.3) is 0 Å². The van der Waals surface area contributed by atoms with Crippen LogP contribution in [-0.4, -0.2) is 69.0 Å². The van der Waals surface area contributed by atoms with Crippen molar-refractivity contribution in [1.82, 2.24) is 10.4 Å². The topological polar surface area (TPSA) is 96.2 Å². The molecule has 2 rings (SSSR count). The summed E-state index contributed by atoms with van der Waals surface area (Å²) in [5.41, 5.74) is 2.83. The first-order valence-electron chi connectivity index (χ1n) is 4.33. The molecule has 0 amide bonds. The molecule has 2 aliphatic rings. The van der Waals surface area contributed by atoms with E-state index in [9.17, 15) is 20.4 Å². The number of hydrazine groups is 1. The van der Waals surface area contributed by atoms with Crippen molar-refractivity contribution in [1.29, 1.82) is 0 Å². The van der Waals surface area contributed by atoms with Gasteiger partial charge in [-0.05, 0) is 0 Å². The summed E-state index contributed by atoms with van der Waals surface area (Å²) in [6.07, 6.45) is -3.76. The predicted octanol–water partition coefficient (Wildman–Crippen LogP) is -3.37. The van der Waals surface area contributed by atoms with Crippen molar-refractivity contribution in [2.75, 3.05) is 13.1 Å². The monoisotopic (exact) mass is 190 g/mol. The van der Waals surface area contributed by atoms with Crippen LogP contribution in [0, 0.1) is 0 Å². The number of nitrogens with one attached hydrogen (secondary N) is 1. The standard InChI is InChI=1S/C7H14N2O4/c10-3-1-8-9-2-4(11)7(13)5(9)6(3)12/h3-8,10-13H,1-2H2/t3-,4+,5-,6+,7+/m0/s1. The number of fused-ring (bicyclic) bond motifs is 1. The van der Waals surface area contributed by atoms with Crippen molar-refractivity contribution >= 4 is 0 Å². The van der Waals surface area contributed by atoms with E-state index >= 15 is 0 Å². The van der Waals surface area contributed by atoms with Crippen LogP contribution in [0.15, 0.2) is 0 Å². The summed E-state index contributed by atoms with van der Waals surface area (Å²) in [7, 11) is 0. The number of hydrogen-bond donors (Lipinski definition) is 5. The van der Waals surface area contributed by atoms with Crippen molar-refractivity contribution in [2.45, 2.75) is 30.5 Å². The van der Waals surface area contributed by atoms with Gasteiger partial charge in [-0.15, -0.1) is 0 Å². The van der Waals surface area contributed by atoms with Crippen molar-refractivity contribution in [3.63, 3.8) is 0 Å². The Balaban J connectivity index is 2.14. The van der Waals surface area contributed by atoms with Gasteiger partial charge in [0.1, 0.15) is 12.2 Å². The van der Waals surface area contributed by atoms with Crippen molar-refractivity contribution in [3.05, 3.63) is 0 Å². The minimum Gasteiger partial charge on any atom is -0.389 e. The average Bonchev–Trinajstić information content (AvgIpc) is 2.37. The molecule has 0 bridgehead atoms. The molecule has 76 valence electrons. The van der Waals surface area contributed by atoms with Gasteiger partial charge in [0.2, 0.25) is 0 Å². The molecule has 0 spiro atoms. The predicted molar refractivity (Wildman–Crippen MR) is 42.5 cm³/mol. The normalized spacial score (nSPS) is 52.2.